The fraction of sp³-hybridized carbons (Fsp3) is 0.643. The normalized spacial score (nSPS) is 21.3. The maximum Gasteiger partial charge on any atom is 0.143 e. The Morgan fingerprint density at radius 2 is 2.24 bits per heavy atom. The molecule has 17 heavy (non-hydrogen) atoms. The highest BCUT2D eigenvalue weighted by Gasteiger charge is 2.20. The van der Waals surface area contributed by atoms with Crippen LogP contribution in [0.3, 0.4) is 0 Å². The van der Waals surface area contributed by atoms with E-state index in [4.69, 9.17) is 0 Å². The predicted octanol–water partition coefficient (Wildman–Crippen LogP) is 3.77. The molecule has 0 aliphatic carbocycles. The summed E-state index contributed by atoms with van der Waals surface area (Å²) in [5.74, 6) is -0.234. The third-order valence-electron chi connectivity index (χ3n) is 3.52. The second kappa shape index (κ2) is 5.99. The molecule has 2 rings (SSSR count). The molecular weight excluding hydrogens is 215 g/mol. The van der Waals surface area contributed by atoms with Crippen molar-refractivity contribution in [1.82, 2.24) is 4.98 Å². The Bertz CT molecular complexity index is 354. The van der Waals surface area contributed by atoms with Gasteiger partial charge in [0.05, 0.1) is 18.1 Å². The maximum atomic E-state index is 13.2. The lowest BCUT2D eigenvalue weighted by Crippen LogP contribution is -2.34. The van der Waals surface area contributed by atoms with E-state index in [2.05, 4.69) is 16.8 Å². The van der Waals surface area contributed by atoms with Gasteiger partial charge in [0.25, 0.3) is 0 Å². The third-order valence-corrected chi connectivity index (χ3v) is 3.52. The van der Waals surface area contributed by atoms with Gasteiger partial charge < -0.3 is 4.90 Å². The van der Waals surface area contributed by atoms with Gasteiger partial charge >= 0.3 is 0 Å². The lowest BCUT2D eigenvalue weighted by atomic mass is 10.0. The smallest absolute Gasteiger partial charge is 0.143 e. The third kappa shape index (κ3) is 3.18. The van der Waals surface area contributed by atoms with E-state index in [1.54, 1.807) is 12.3 Å². The average molecular weight is 236 g/mol. The zero-order chi connectivity index (χ0) is 12.1. The van der Waals surface area contributed by atoms with Gasteiger partial charge in [0.1, 0.15) is 5.82 Å². The number of aromatic nitrogens is 1. The molecule has 1 aromatic rings. The van der Waals surface area contributed by atoms with Crippen molar-refractivity contribution in [2.24, 2.45) is 0 Å². The molecule has 0 bridgehead atoms. The summed E-state index contributed by atoms with van der Waals surface area (Å²) >= 11 is 0. The Morgan fingerprint density at radius 3 is 3.00 bits per heavy atom. The summed E-state index contributed by atoms with van der Waals surface area (Å²) in [5, 5.41) is 0. The molecule has 1 fully saturated rings. The molecule has 1 aliphatic heterocycles. The highest BCUT2D eigenvalue weighted by atomic mass is 19.1. The molecule has 0 radical (unpaired) electrons. The van der Waals surface area contributed by atoms with E-state index in [0.29, 0.717) is 6.04 Å². The number of nitrogens with zero attached hydrogens (tertiary/aromatic N) is 2. The van der Waals surface area contributed by atoms with E-state index in [9.17, 15) is 4.39 Å². The number of pyridine rings is 1. The van der Waals surface area contributed by atoms with Crippen LogP contribution in [0.25, 0.3) is 0 Å². The number of rotatable bonds is 3. The van der Waals surface area contributed by atoms with E-state index in [1.165, 1.54) is 44.7 Å². The number of hydrogen-bond acceptors (Lipinski definition) is 2. The summed E-state index contributed by atoms with van der Waals surface area (Å²) in [6, 6.07) is 2.17. The maximum absolute atomic E-state index is 13.2. The van der Waals surface area contributed by atoms with Crippen LogP contribution < -0.4 is 4.90 Å². The van der Waals surface area contributed by atoms with Crippen LogP contribution in [0.5, 0.6) is 0 Å². The van der Waals surface area contributed by atoms with Gasteiger partial charge in [0, 0.05) is 18.7 Å². The predicted molar refractivity (Wildman–Crippen MR) is 68.7 cm³/mol. The van der Waals surface area contributed by atoms with Gasteiger partial charge in [-0.1, -0.05) is 26.2 Å². The Kier molecular flexibility index (Phi) is 4.35. The van der Waals surface area contributed by atoms with Crippen molar-refractivity contribution in [2.75, 3.05) is 11.4 Å². The van der Waals surface area contributed by atoms with Gasteiger partial charge in [-0.3, -0.25) is 4.98 Å². The Balaban J connectivity index is 2.19. The molecule has 1 aliphatic rings. The van der Waals surface area contributed by atoms with Gasteiger partial charge in [-0.15, -0.1) is 0 Å². The van der Waals surface area contributed by atoms with Crippen molar-refractivity contribution in [3.8, 4) is 0 Å². The van der Waals surface area contributed by atoms with Crippen LogP contribution in [0.2, 0.25) is 0 Å². The highest BCUT2D eigenvalue weighted by molar-refractivity contribution is 5.45. The van der Waals surface area contributed by atoms with Crippen molar-refractivity contribution < 1.29 is 4.39 Å². The minimum absolute atomic E-state index is 0.234. The van der Waals surface area contributed by atoms with Gasteiger partial charge in [-0.05, 0) is 19.3 Å². The summed E-state index contributed by atoms with van der Waals surface area (Å²) in [6.07, 6.45) is 10.5. The second-order valence-corrected chi connectivity index (χ2v) is 4.85. The van der Waals surface area contributed by atoms with Crippen molar-refractivity contribution >= 4 is 5.69 Å². The molecule has 0 spiro atoms. The molecule has 0 N–H and O–H groups in total. The molecular formula is C14H21FN2. The van der Waals surface area contributed by atoms with Gasteiger partial charge in [0.15, 0.2) is 0 Å². The molecule has 0 aromatic carbocycles. The van der Waals surface area contributed by atoms with Crippen LogP contribution in [0.4, 0.5) is 10.1 Å². The zero-order valence-corrected chi connectivity index (χ0v) is 10.5. The standard InChI is InChI=1S/C14H21FN2/c1-2-6-13-7-4-3-5-8-17(13)14-9-12(15)10-16-11-14/h9-11,13H,2-8H2,1H3/t13-/m1/s1. The highest BCUT2D eigenvalue weighted by Crippen LogP contribution is 2.26. The Labute approximate surface area is 103 Å². The van der Waals surface area contributed by atoms with Gasteiger partial charge in [-0.2, -0.15) is 0 Å². The summed E-state index contributed by atoms with van der Waals surface area (Å²) in [6.45, 7) is 3.25. The van der Waals surface area contributed by atoms with E-state index in [-0.39, 0.29) is 5.82 Å². The zero-order valence-electron chi connectivity index (χ0n) is 10.5. The van der Waals surface area contributed by atoms with E-state index in [1.807, 2.05) is 0 Å². The lowest BCUT2D eigenvalue weighted by molar-refractivity contribution is 0.525. The van der Waals surface area contributed by atoms with Crippen LogP contribution in [-0.4, -0.2) is 17.6 Å². The lowest BCUT2D eigenvalue weighted by Gasteiger charge is -2.31. The van der Waals surface area contributed by atoms with Crippen LogP contribution >= 0.6 is 0 Å². The van der Waals surface area contributed by atoms with Gasteiger partial charge in [-0.25, -0.2) is 4.39 Å². The summed E-state index contributed by atoms with van der Waals surface area (Å²) in [7, 11) is 0. The molecule has 1 saturated heterocycles. The summed E-state index contributed by atoms with van der Waals surface area (Å²) in [4.78, 5) is 6.32. The van der Waals surface area contributed by atoms with Crippen molar-refractivity contribution in [3.05, 3.63) is 24.3 Å². The largest absolute Gasteiger partial charge is 0.367 e. The van der Waals surface area contributed by atoms with E-state index < -0.39 is 0 Å². The molecule has 2 nitrogen and oxygen atoms in total. The number of anilines is 1. The first kappa shape index (κ1) is 12.3. The first-order valence-corrected chi connectivity index (χ1v) is 6.68. The summed E-state index contributed by atoms with van der Waals surface area (Å²) in [5.41, 5.74) is 0.949. The van der Waals surface area contributed by atoms with Crippen LogP contribution in [0.1, 0.15) is 45.4 Å². The second-order valence-electron chi connectivity index (χ2n) is 4.85. The molecule has 2 heterocycles. The fourth-order valence-electron chi connectivity index (χ4n) is 2.71. The average Bonchev–Trinajstić information content (AvgIpc) is 2.55. The molecule has 1 atom stereocenters. The molecule has 94 valence electrons. The van der Waals surface area contributed by atoms with E-state index in [0.717, 1.165) is 12.2 Å². The first-order valence-electron chi connectivity index (χ1n) is 6.68. The minimum atomic E-state index is -0.234. The fourth-order valence-corrected chi connectivity index (χ4v) is 2.71. The van der Waals surface area contributed by atoms with Crippen molar-refractivity contribution in [3.63, 3.8) is 0 Å². The Morgan fingerprint density at radius 1 is 1.35 bits per heavy atom. The van der Waals surface area contributed by atoms with Crippen molar-refractivity contribution in [1.29, 1.82) is 0 Å². The minimum Gasteiger partial charge on any atom is -0.367 e. The Hall–Kier alpha value is -1.12. The molecule has 0 saturated carbocycles. The van der Waals surface area contributed by atoms with Crippen molar-refractivity contribution in [2.45, 2.75) is 51.5 Å². The van der Waals surface area contributed by atoms with Crippen LogP contribution in [0, 0.1) is 5.82 Å². The molecule has 3 heteroatoms. The molecule has 0 amide bonds. The first-order chi connectivity index (χ1) is 8.31. The van der Waals surface area contributed by atoms with Gasteiger partial charge in [0.2, 0.25) is 0 Å². The quantitative estimate of drug-likeness (QED) is 0.794. The number of hydrogen-bond donors (Lipinski definition) is 0. The van der Waals surface area contributed by atoms with Crippen LogP contribution in [0.15, 0.2) is 18.5 Å². The SMILES string of the molecule is CCC[C@@H]1CCCCCN1c1cncc(F)c1. The molecule has 1 aromatic heterocycles. The van der Waals surface area contributed by atoms with E-state index >= 15 is 0 Å². The summed E-state index contributed by atoms with van der Waals surface area (Å²) < 4.78 is 13.2. The monoisotopic (exact) mass is 236 g/mol. The van der Waals surface area contributed by atoms with Crippen LogP contribution in [-0.2, 0) is 0 Å². The molecule has 0 unspecified atom stereocenters. The topological polar surface area (TPSA) is 16.1 Å². The number of halogens is 1.